The van der Waals surface area contributed by atoms with Crippen molar-refractivity contribution < 1.29 is 5.11 Å². The van der Waals surface area contributed by atoms with E-state index < -0.39 is 0 Å². The topological polar surface area (TPSA) is 33.1 Å². The summed E-state index contributed by atoms with van der Waals surface area (Å²) in [4.78, 5) is 5.63. The van der Waals surface area contributed by atoms with E-state index in [-0.39, 0.29) is 12.0 Å². The zero-order valence-corrected chi connectivity index (χ0v) is 10.4. The van der Waals surface area contributed by atoms with Gasteiger partial charge in [-0.15, -0.1) is 11.3 Å². The predicted molar refractivity (Wildman–Crippen MR) is 60.8 cm³/mol. The highest BCUT2D eigenvalue weighted by Crippen LogP contribution is 2.32. The molecule has 0 saturated heterocycles. The number of aliphatic hydroxyl groups excluding tert-OH is 1. The minimum Gasteiger partial charge on any atom is -0.391 e. The van der Waals surface area contributed by atoms with E-state index >= 15 is 0 Å². The Morgan fingerprint density at radius 2 is 1.93 bits per heavy atom. The van der Waals surface area contributed by atoms with Crippen molar-refractivity contribution in [2.45, 2.75) is 52.6 Å². The summed E-state index contributed by atoms with van der Waals surface area (Å²) in [6, 6.07) is 0. The molecule has 0 radical (unpaired) electrons. The lowest BCUT2D eigenvalue weighted by molar-refractivity contribution is 0.283. The first-order chi connectivity index (χ1) is 6.36. The number of aliphatic hydroxyl groups is 1. The van der Waals surface area contributed by atoms with Gasteiger partial charge in [-0.1, -0.05) is 34.6 Å². The molecule has 3 heteroatoms. The van der Waals surface area contributed by atoms with Crippen LogP contribution in [0.25, 0.3) is 0 Å². The Labute approximate surface area is 90.0 Å². The van der Waals surface area contributed by atoms with Crippen molar-refractivity contribution in [3.63, 3.8) is 0 Å². The fraction of sp³-hybridized carbons (Fsp3) is 0.727. The first-order valence-electron chi connectivity index (χ1n) is 4.97. The summed E-state index contributed by atoms with van der Waals surface area (Å²) in [6.45, 7) is 10.8. The smallest absolute Gasteiger partial charge is 0.0985 e. The van der Waals surface area contributed by atoms with Gasteiger partial charge in [-0.25, -0.2) is 4.98 Å². The van der Waals surface area contributed by atoms with E-state index in [1.54, 1.807) is 11.3 Å². The molecular weight excluding hydrogens is 194 g/mol. The van der Waals surface area contributed by atoms with Crippen LogP contribution in [0.4, 0.5) is 0 Å². The fourth-order valence-electron chi connectivity index (χ4n) is 1.25. The van der Waals surface area contributed by atoms with Crippen molar-refractivity contribution in [2.75, 3.05) is 0 Å². The van der Waals surface area contributed by atoms with Crippen LogP contribution in [0.5, 0.6) is 0 Å². The van der Waals surface area contributed by atoms with Crippen LogP contribution in [-0.2, 0) is 12.0 Å². The lowest BCUT2D eigenvalue weighted by atomic mass is 9.98. The highest BCUT2D eigenvalue weighted by Gasteiger charge is 2.22. The highest BCUT2D eigenvalue weighted by atomic mass is 32.1. The molecule has 1 aromatic heterocycles. The minimum absolute atomic E-state index is 0.0850. The Hall–Kier alpha value is -0.410. The zero-order chi connectivity index (χ0) is 10.9. The second-order valence-electron chi connectivity index (χ2n) is 4.89. The van der Waals surface area contributed by atoms with Gasteiger partial charge in [0, 0.05) is 5.41 Å². The summed E-state index contributed by atoms with van der Waals surface area (Å²) in [5.41, 5.74) is 1.14. The average Bonchev–Trinajstić information content (AvgIpc) is 2.45. The average molecular weight is 213 g/mol. The molecule has 1 heterocycles. The van der Waals surface area contributed by atoms with Crippen LogP contribution in [-0.4, -0.2) is 10.1 Å². The van der Waals surface area contributed by atoms with Crippen molar-refractivity contribution in [3.8, 4) is 0 Å². The maximum absolute atomic E-state index is 9.22. The Morgan fingerprint density at radius 1 is 1.36 bits per heavy atom. The normalized spacial score (nSPS) is 12.5. The Kier molecular flexibility index (Phi) is 3.32. The Bertz CT molecular complexity index is 310. The minimum atomic E-state index is 0.0850. The van der Waals surface area contributed by atoms with E-state index in [1.807, 2.05) is 0 Å². The van der Waals surface area contributed by atoms with Gasteiger partial charge in [-0.2, -0.15) is 0 Å². The van der Waals surface area contributed by atoms with Gasteiger partial charge in [0.15, 0.2) is 0 Å². The summed E-state index contributed by atoms with van der Waals surface area (Å²) in [5, 5.41) is 10.3. The molecule has 0 aliphatic rings. The van der Waals surface area contributed by atoms with Gasteiger partial charge in [0.2, 0.25) is 0 Å². The number of hydrogen-bond acceptors (Lipinski definition) is 3. The van der Waals surface area contributed by atoms with Gasteiger partial charge in [-0.3, -0.25) is 0 Å². The first-order valence-corrected chi connectivity index (χ1v) is 5.79. The molecule has 0 aromatic carbocycles. The number of thiazole rings is 1. The Morgan fingerprint density at radius 3 is 2.21 bits per heavy atom. The van der Waals surface area contributed by atoms with Crippen molar-refractivity contribution in [3.05, 3.63) is 15.6 Å². The molecule has 0 atom stereocenters. The summed E-state index contributed by atoms with van der Waals surface area (Å²) >= 11 is 1.63. The lowest BCUT2D eigenvalue weighted by Crippen LogP contribution is -2.10. The molecule has 0 saturated carbocycles. The van der Waals surface area contributed by atoms with Gasteiger partial charge in [0.1, 0.15) is 0 Å². The second kappa shape index (κ2) is 3.99. The van der Waals surface area contributed by atoms with E-state index in [2.05, 4.69) is 39.6 Å². The van der Waals surface area contributed by atoms with Crippen LogP contribution in [0.1, 0.15) is 56.1 Å². The molecule has 0 amide bonds. The van der Waals surface area contributed by atoms with Crippen LogP contribution in [0, 0.1) is 0 Å². The molecule has 14 heavy (non-hydrogen) atoms. The fourth-order valence-corrected chi connectivity index (χ4v) is 2.38. The molecule has 80 valence electrons. The zero-order valence-electron chi connectivity index (χ0n) is 9.59. The van der Waals surface area contributed by atoms with E-state index in [1.165, 1.54) is 0 Å². The molecule has 0 unspecified atom stereocenters. The number of nitrogens with zero attached hydrogens (tertiary/aromatic N) is 1. The van der Waals surface area contributed by atoms with E-state index in [0.717, 1.165) is 15.6 Å². The van der Waals surface area contributed by atoms with Gasteiger partial charge in [0.25, 0.3) is 0 Å². The van der Waals surface area contributed by atoms with E-state index in [0.29, 0.717) is 5.92 Å². The molecule has 1 aromatic rings. The SMILES string of the molecule is CC(C)c1nc(C(C)(C)C)sc1CO. The quantitative estimate of drug-likeness (QED) is 0.819. The number of rotatable bonds is 2. The van der Waals surface area contributed by atoms with Crippen LogP contribution >= 0.6 is 11.3 Å². The van der Waals surface area contributed by atoms with Crippen LogP contribution < -0.4 is 0 Å². The molecular formula is C11H19NOS. The summed E-state index contributed by atoms with van der Waals surface area (Å²) in [7, 11) is 0. The van der Waals surface area contributed by atoms with Crippen molar-refractivity contribution in [1.29, 1.82) is 0 Å². The second-order valence-corrected chi connectivity index (χ2v) is 5.97. The molecule has 0 aliphatic heterocycles. The molecule has 1 rings (SSSR count). The standard InChI is InChI=1S/C11H19NOS/c1-7(2)9-8(6-13)14-10(12-9)11(3,4)5/h7,13H,6H2,1-5H3. The van der Waals surface area contributed by atoms with Crippen molar-refractivity contribution in [2.24, 2.45) is 0 Å². The number of hydrogen-bond donors (Lipinski definition) is 1. The Balaban J connectivity index is 3.13. The lowest BCUT2D eigenvalue weighted by Gasteiger charge is -2.13. The third kappa shape index (κ3) is 2.34. The van der Waals surface area contributed by atoms with Crippen LogP contribution in [0.3, 0.4) is 0 Å². The highest BCUT2D eigenvalue weighted by molar-refractivity contribution is 7.11. The molecule has 0 fully saturated rings. The maximum atomic E-state index is 9.22. The van der Waals surface area contributed by atoms with Gasteiger partial charge in [0.05, 0.1) is 22.2 Å². The predicted octanol–water partition coefficient (Wildman–Crippen LogP) is 3.06. The molecule has 1 N–H and O–H groups in total. The van der Waals surface area contributed by atoms with Crippen molar-refractivity contribution in [1.82, 2.24) is 4.98 Å². The van der Waals surface area contributed by atoms with E-state index in [9.17, 15) is 5.11 Å². The number of aromatic nitrogens is 1. The summed E-state index contributed by atoms with van der Waals surface area (Å²) in [5.74, 6) is 0.393. The van der Waals surface area contributed by atoms with Crippen LogP contribution in [0.15, 0.2) is 0 Å². The summed E-state index contributed by atoms with van der Waals surface area (Å²) < 4.78 is 0. The van der Waals surface area contributed by atoms with Gasteiger partial charge in [-0.05, 0) is 5.92 Å². The van der Waals surface area contributed by atoms with Gasteiger partial charge < -0.3 is 5.11 Å². The monoisotopic (exact) mass is 213 g/mol. The summed E-state index contributed by atoms with van der Waals surface area (Å²) in [6.07, 6.45) is 0. The molecule has 2 nitrogen and oxygen atoms in total. The third-order valence-corrected chi connectivity index (χ3v) is 3.54. The van der Waals surface area contributed by atoms with Crippen LogP contribution in [0.2, 0.25) is 0 Å². The van der Waals surface area contributed by atoms with Crippen molar-refractivity contribution >= 4 is 11.3 Å². The van der Waals surface area contributed by atoms with Gasteiger partial charge >= 0.3 is 0 Å². The first kappa shape index (κ1) is 11.7. The third-order valence-electron chi connectivity index (χ3n) is 2.06. The largest absolute Gasteiger partial charge is 0.391 e. The maximum Gasteiger partial charge on any atom is 0.0985 e. The molecule has 0 spiro atoms. The van der Waals surface area contributed by atoms with E-state index in [4.69, 9.17) is 0 Å². The molecule has 0 bridgehead atoms. The molecule has 0 aliphatic carbocycles.